The highest BCUT2D eigenvalue weighted by Crippen LogP contribution is 2.19. The van der Waals surface area contributed by atoms with Gasteiger partial charge in [0, 0.05) is 12.8 Å². The van der Waals surface area contributed by atoms with Gasteiger partial charge in [-0.2, -0.15) is 0 Å². The van der Waals surface area contributed by atoms with Gasteiger partial charge in [-0.25, -0.2) is 9.69 Å². The molecular formula is C20H27NO3Si. The Morgan fingerprint density at radius 1 is 1.24 bits per heavy atom. The minimum Gasteiger partial charge on any atom is -0.447 e. The number of unbranched alkanes of at least 4 members (excludes halogenated alkanes) is 2. The van der Waals surface area contributed by atoms with Crippen LogP contribution in [-0.4, -0.2) is 37.6 Å². The van der Waals surface area contributed by atoms with Gasteiger partial charge in [-0.05, 0) is 24.8 Å². The molecule has 5 heteroatoms. The number of amides is 2. The van der Waals surface area contributed by atoms with Crippen LogP contribution in [0.4, 0.5) is 4.79 Å². The second-order valence-corrected chi connectivity index (χ2v) is 12.2. The van der Waals surface area contributed by atoms with Gasteiger partial charge in [-0.15, -0.1) is 11.5 Å². The highest BCUT2D eigenvalue weighted by Gasteiger charge is 2.37. The van der Waals surface area contributed by atoms with Gasteiger partial charge < -0.3 is 4.74 Å². The molecular weight excluding hydrogens is 330 g/mol. The van der Waals surface area contributed by atoms with Crippen molar-refractivity contribution in [3.8, 4) is 11.5 Å². The Balaban J connectivity index is 1.82. The molecule has 2 rings (SSSR count). The number of nitrogens with zero attached hydrogens (tertiary/aromatic N) is 1. The van der Waals surface area contributed by atoms with Crippen molar-refractivity contribution >= 4 is 20.1 Å². The lowest BCUT2D eigenvalue weighted by atomic mass is 10.1. The van der Waals surface area contributed by atoms with E-state index in [2.05, 4.69) is 31.1 Å². The first-order valence-corrected chi connectivity index (χ1v) is 12.4. The van der Waals surface area contributed by atoms with E-state index in [9.17, 15) is 9.59 Å². The van der Waals surface area contributed by atoms with Crippen molar-refractivity contribution in [3.63, 3.8) is 0 Å². The fourth-order valence-corrected chi connectivity index (χ4v) is 3.40. The maximum absolute atomic E-state index is 12.4. The van der Waals surface area contributed by atoms with Crippen molar-refractivity contribution in [2.75, 3.05) is 6.61 Å². The molecule has 1 aromatic carbocycles. The van der Waals surface area contributed by atoms with E-state index in [1.165, 1.54) is 4.90 Å². The van der Waals surface area contributed by atoms with Crippen LogP contribution in [0, 0.1) is 11.5 Å². The number of ether oxygens (including phenoxy) is 1. The van der Waals surface area contributed by atoms with Crippen molar-refractivity contribution in [1.29, 1.82) is 0 Å². The largest absolute Gasteiger partial charge is 0.447 e. The van der Waals surface area contributed by atoms with Crippen LogP contribution >= 0.6 is 0 Å². The monoisotopic (exact) mass is 357 g/mol. The standard InChI is InChI=1S/C20H27NO3Si/c1-25(2,3)14-10-5-4-9-13-19(22)21-18(16-24-20(21)23)15-17-11-7-6-8-12-17/h6-8,11-12,18H,4-5,9,13,15-16H2,1-3H3/t18-/m1/s1. The third kappa shape index (κ3) is 6.39. The van der Waals surface area contributed by atoms with E-state index in [4.69, 9.17) is 4.74 Å². The Labute approximate surface area is 151 Å². The maximum Gasteiger partial charge on any atom is 0.416 e. The summed E-state index contributed by atoms with van der Waals surface area (Å²) in [7, 11) is -1.31. The molecule has 1 aliphatic heterocycles. The predicted molar refractivity (Wildman–Crippen MR) is 102 cm³/mol. The van der Waals surface area contributed by atoms with Crippen LogP contribution in [0.1, 0.15) is 31.2 Å². The number of carbonyl (C=O) groups is 2. The summed E-state index contributed by atoms with van der Waals surface area (Å²) in [6, 6.07) is 9.68. The second-order valence-electron chi connectivity index (χ2n) is 7.44. The minimum atomic E-state index is -1.31. The molecule has 1 atom stereocenters. The first-order valence-electron chi connectivity index (χ1n) is 8.89. The van der Waals surface area contributed by atoms with E-state index in [0.717, 1.165) is 24.8 Å². The fraction of sp³-hybridized carbons (Fsp3) is 0.500. The van der Waals surface area contributed by atoms with Gasteiger partial charge in [-0.3, -0.25) is 4.79 Å². The van der Waals surface area contributed by atoms with Crippen molar-refractivity contribution in [3.05, 3.63) is 35.9 Å². The van der Waals surface area contributed by atoms with Crippen LogP contribution in [0.2, 0.25) is 19.6 Å². The normalized spacial score (nSPS) is 17.0. The van der Waals surface area contributed by atoms with E-state index < -0.39 is 14.2 Å². The van der Waals surface area contributed by atoms with Gasteiger partial charge in [-0.1, -0.05) is 50.0 Å². The molecule has 0 spiro atoms. The molecule has 0 N–H and O–H groups in total. The molecule has 1 heterocycles. The smallest absolute Gasteiger partial charge is 0.416 e. The quantitative estimate of drug-likeness (QED) is 0.439. The number of hydrogen-bond acceptors (Lipinski definition) is 3. The zero-order valence-electron chi connectivity index (χ0n) is 15.4. The molecule has 25 heavy (non-hydrogen) atoms. The van der Waals surface area contributed by atoms with Crippen LogP contribution in [0.25, 0.3) is 0 Å². The Bertz CT molecular complexity index is 655. The SMILES string of the molecule is C[Si](C)(C)C#CCCCCC(=O)N1C(=O)OC[C@H]1Cc1ccccc1. The molecule has 0 radical (unpaired) electrons. The lowest BCUT2D eigenvalue weighted by Crippen LogP contribution is -2.40. The third-order valence-electron chi connectivity index (χ3n) is 3.95. The van der Waals surface area contributed by atoms with Crippen LogP contribution in [0.5, 0.6) is 0 Å². The number of carbonyl (C=O) groups excluding carboxylic acids is 2. The van der Waals surface area contributed by atoms with Gasteiger partial charge in [0.1, 0.15) is 14.7 Å². The molecule has 4 nitrogen and oxygen atoms in total. The van der Waals surface area contributed by atoms with E-state index in [-0.39, 0.29) is 18.6 Å². The van der Waals surface area contributed by atoms with E-state index in [1.54, 1.807) is 0 Å². The second kappa shape index (κ2) is 8.86. The summed E-state index contributed by atoms with van der Waals surface area (Å²) >= 11 is 0. The maximum atomic E-state index is 12.4. The average Bonchev–Trinajstić information content (AvgIpc) is 2.91. The van der Waals surface area contributed by atoms with Crippen LogP contribution in [0.3, 0.4) is 0 Å². The molecule has 0 aromatic heterocycles. The Morgan fingerprint density at radius 2 is 1.96 bits per heavy atom. The number of imide groups is 1. The number of hydrogen-bond donors (Lipinski definition) is 0. The first-order chi connectivity index (χ1) is 11.9. The average molecular weight is 358 g/mol. The molecule has 1 aliphatic rings. The number of cyclic esters (lactones) is 1. The summed E-state index contributed by atoms with van der Waals surface area (Å²) < 4.78 is 5.10. The predicted octanol–water partition coefficient (Wildman–Crippen LogP) is 4.02. The Kier molecular flexibility index (Phi) is 6.83. The molecule has 2 amide bonds. The Morgan fingerprint density at radius 3 is 2.64 bits per heavy atom. The summed E-state index contributed by atoms with van der Waals surface area (Å²) in [5.41, 5.74) is 4.43. The van der Waals surface area contributed by atoms with E-state index in [1.807, 2.05) is 30.3 Å². The van der Waals surface area contributed by atoms with Crippen molar-refractivity contribution in [2.45, 2.75) is 57.8 Å². The van der Waals surface area contributed by atoms with Gasteiger partial charge in [0.2, 0.25) is 5.91 Å². The molecule has 1 aromatic rings. The summed E-state index contributed by atoms with van der Waals surface area (Å²) in [4.78, 5) is 25.7. The molecule has 134 valence electrons. The molecule has 1 saturated heterocycles. The molecule has 1 fully saturated rings. The molecule has 0 bridgehead atoms. The van der Waals surface area contributed by atoms with Crippen LogP contribution in [0.15, 0.2) is 30.3 Å². The van der Waals surface area contributed by atoms with Crippen molar-refractivity contribution < 1.29 is 14.3 Å². The zero-order valence-corrected chi connectivity index (χ0v) is 16.4. The number of benzene rings is 1. The molecule has 0 unspecified atom stereocenters. The van der Waals surface area contributed by atoms with Gasteiger partial charge in [0.15, 0.2) is 0 Å². The van der Waals surface area contributed by atoms with Crippen LogP contribution in [-0.2, 0) is 16.0 Å². The van der Waals surface area contributed by atoms with Gasteiger partial charge in [0.05, 0.1) is 6.04 Å². The molecule has 0 aliphatic carbocycles. The molecule has 0 saturated carbocycles. The summed E-state index contributed by atoms with van der Waals surface area (Å²) in [6.07, 6.45) is 2.95. The van der Waals surface area contributed by atoms with Gasteiger partial charge in [0.25, 0.3) is 0 Å². The summed E-state index contributed by atoms with van der Waals surface area (Å²) in [5, 5.41) is 0. The van der Waals surface area contributed by atoms with Crippen molar-refractivity contribution in [1.82, 2.24) is 4.90 Å². The minimum absolute atomic E-state index is 0.137. The Hall–Kier alpha value is -2.06. The lowest BCUT2D eigenvalue weighted by molar-refractivity contribution is -0.129. The first kappa shape index (κ1) is 19.3. The third-order valence-corrected chi connectivity index (χ3v) is 4.88. The lowest BCUT2D eigenvalue weighted by Gasteiger charge is -2.19. The van der Waals surface area contributed by atoms with E-state index in [0.29, 0.717) is 12.8 Å². The highest BCUT2D eigenvalue weighted by atomic mass is 28.3. The fourth-order valence-electron chi connectivity index (χ4n) is 2.74. The summed E-state index contributed by atoms with van der Waals surface area (Å²) in [5.74, 6) is 3.08. The summed E-state index contributed by atoms with van der Waals surface area (Å²) in [6.45, 7) is 6.93. The topological polar surface area (TPSA) is 46.6 Å². The zero-order chi connectivity index (χ0) is 18.3. The van der Waals surface area contributed by atoms with Gasteiger partial charge >= 0.3 is 6.09 Å². The van der Waals surface area contributed by atoms with Crippen molar-refractivity contribution in [2.24, 2.45) is 0 Å². The van der Waals surface area contributed by atoms with E-state index >= 15 is 0 Å². The van der Waals surface area contributed by atoms with Crippen LogP contribution < -0.4 is 0 Å². The number of rotatable bonds is 6. The highest BCUT2D eigenvalue weighted by molar-refractivity contribution is 6.83.